The van der Waals surface area contributed by atoms with Crippen LogP contribution in [0.25, 0.3) is 0 Å². The van der Waals surface area contributed by atoms with Crippen molar-refractivity contribution in [2.45, 2.75) is 6.54 Å². The second-order valence-electron chi connectivity index (χ2n) is 3.52. The first kappa shape index (κ1) is 10.4. The molecule has 5 nitrogen and oxygen atoms in total. The first-order valence-corrected chi connectivity index (χ1v) is 4.90. The number of hydrogen-bond acceptors (Lipinski definition) is 4. The Bertz CT molecular complexity index is 456. The van der Waals surface area contributed by atoms with Crippen molar-refractivity contribution in [1.29, 1.82) is 0 Å². The van der Waals surface area contributed by atoms with Crippen molar-refractivity contribution >= 4 is 11.5 Å². The molecule has 1 aromatic heterocycles. The van der Waals surface area contributed by atoms with Crippen molar-refractivity contribution in [3.8, 4) is 5.75 Å². The standard InChI is InChI=1S/C11H14N4O/c1-16-9-4-2-8(3-5-9)6-15-7-10(12)11(13)14-15/h2-5,7H,6,12H2,1H3,(H2,13,14). The minimum atomic E-state index is 0.369. The summed E-state index contributed by atoms with van der Waals surface area (Å²) in [5.41, 5.74) is 12.8. The first-order chi connectivity index (χ1) is 7.69. The van der Waals surface area contributed by atoms with Crippen molar-refractivity contribution in [2.75, 3.05) is 18.6 Å². The van der Waals surface area contributed by atoms with Crippen LogP contribution in [0.2, 0.25) is 0 Å². The molecule has 0 fully saturated rings. The number of benzene rings is 1. The summed E-state index contributed by atoms with van der Waals surface area (Å²) in [5.74, 6) is 1.21. The minimum Gasteiger partial charge on any atom is -0.497 e. The summed E-state index contributed by atoms with van der Waals surface area (Å²) in [6.45, 7) is 0.644. The summed E-state index contributed by atoms with van der Waals surface area (Å²) in [7, 11) is 1.64. The van der Waals surface area contributed by atoms with Gasteiger partial charge in [-0.05, 0) is 17.7 Å². The van der Waals surface area contributed by atoms with Gasteiger partial charge in [-0.2, -0.15) is 5.10 Å². The Morgan fingerprint density at radius 1 is 1.25 bits per heavy atom. The summed E-state index contributed by atoms with van der Waals surface area (Å²) < 4.78 is 6.79. The molecule has 0 bridgehead atoms. The zero-order valence-electron chi connectivity index (χ0n) is 9.05. The summed E-state index contributed by atoms with van der Waals surface area (Å²) in [4.78, 5) is 0. The van der Waals surface area contributed by atoms with E-state index in [4.69, 9.17) is 16.2 Å². The van der Waals surface area contributed by atoms with Gasteiger partial charge in [-0.1, -0.05) is 12.1 Å². The van der Waals surface area contributed by atoms with Gasteiger partial charge in [0.15, 0.2) is 5.82 Å². The second kappa shape index (κ2) is 4.14. The number of anilines is 2. The van der Waals surface area contributed by atoms with Crippen LogP contribution in [0.15, 0.2) is 30.5 Å². The van der Waals surface area contributed by atoms with E-state index in [0.717, 1.165) is 11.3 Å². The predicted octanol–water partition coefficient (Wildman–Crippen LogP) is 1.10. The molecule has 2 aromatic rings. The van der Waals surface area contributed by atoms with Gasteiger partial charge in [0.1, 0.15) is 5.75 Å². The fourth-order valence-corrected chi connectivity index (χ4v) is 1.45. The van der Waals surface area contributed by atoms with E-state index >= 15 is 0 Å². The van der Waals surface area contributed by atoms with Crippen LogP contribution in [0, 0.1) is 0 Å². The molecule has 0 radical (unpaired) electrons. The number of nitrogens with zero attached hydrogens (tertiary/aromatic N) is 2. The topological polar surface area (TPSA) is 79.1 Å². The van der Waals surface area contributed by atoms with Gasteiger partial charge in [0.2, 0.25) is 0 Å². The highest BCUT2D eigenvalue weighted by molar-refractivity contribution is 5.56. The van der Waals surface area contributed by atoms with Crippen LogP contribution in [0.1, 0.15) is 5.56 Å². The highest BCUT2D eigenvalue weighted by Gasteiger charge is 2.02. The molecule has 16 heavy (non-hydrogen) atoms. The zero-order valence-corrected chi connectivity index (χ0v) is 9.05. The number of ether oxygens (including phenoxy) is 1. The lowest BCUT2D eigenvalue weighted by atomic mass is 10.2. The molecule has 0 saturated carbocycles. The molecule has 1 aromatic carbocycles. The van der Waals surface area contributed by atoms with Crippen molar-refractivity contribution in [3.63, 3.8) is 0 Å². The van der Waals surface area contributed by atoms with Crippen molar-refractivity contribution in [1.82, 2.24) is 9.78 Å². The Kier molecular flexibility index (Phi) is 2.68. The maximum absolute atomic E-state index is 5.61. The van der Waals surface area contributed by atoms with Crippen LogP contribution in [0.3, 0.4) is 0 Å². The molecule has 0 saturated heterocycles. The number of rotatable bonds is 3. The summed E-state index contributed by atoms with van der Waals surface area (Å²) >= 11 is 0. The van der Waals surface area contributed by atoms with E-state index in [2.05, 4.69) is 5.10 Å². The van der Waals surface area contributed by atoms with E-state index in [9.17, 15) is 0 Å². The van der Waals surface area contributed by atoms with Gasteiger partial charge in [-0.3, -0.25) is 4.68 Å². The van der Waals surface area contributed by atoms with Gasteiger partial charge in [0, 0.05) is 0 Å². The highest BCUT2D eigenvalue weighted by Crippen LogP contribution is 2.14. The molecule has 4 N–H and O–H groups in total. The number of hydrogen-bond donors (Lipinski definition) is 2. The Morgan fingerprint density at radius 2 is 1.94 bits per heavy atom. The molecule has 1 heterocycles. The quantitative estimate of drug-likeness (QED) is 0.808. The third-order valence-electron chi connectivity index (χ3n) is 2.32. The molecule has 0 amide bonds. The molecular weight excluding hydrogens is 204 g/mol. The van der Waals surface area contributed by atoms with Crippen molar-refractivity contribution < 1.29 is 4.74 Å². The molecule has 0 aliphatic rings. The summed E-state index contributed by atoms with van der Waals surface area (Å²) in [5, 5.41) is 4.09. The fourth-order valence-electron chi connectivity index (χ4n) is 1.45. The van der Waals surface area contributed by atoms with E-state index < -0.39 is 0 Å². The number of nitrogens with two attached hydrogens (primary N) is 2. The largest absolute Gasteiger partial charge is 0.497 e. The van der Waals surface area contributed by atoms with Crippen molar-refractivity contribution in [2.24, 2.45) is 0 Å². The second-order valence-corrected chi connectivity index (χ2v) is 3.52. The monoisotopic (exact) mass is 218 g/mol. The highest BCUT2D eigenvalue weighted by atomic mass is 16.5. The summed E-state index contributed by atoms with van der Waals surface area (Å²) in [6.07, 6.45) is 1.72. The molecule has 2 rings (SSSR count). The molecule has 84 valence electrons. The Hall–Kier alpha value is -2.17. The van der Waals surface area contributed by atoms with Crippen LogP contribution < -0.4 is 16.2 Å². The molecule has 0 aliphatic carbocycles. The van der Waals surface area contributed by atoms with Gasteiger partial charge in [-0.15, -0.1) is 0 Å². The molecule has 5 heteroatoms. The molecule has 0 atom stereocenters. The van der Waals surface area contributed by atoms with Gasteiger partial charge in [0.25, 0.3) is 0 Å². The van der Waals surface area contributed by atoms with E-state index in [1.165, 1.54) is 0 Å². The minimum absolute atomic E-state index is 0.369. The smallest absolute Gasteiger partial charge is 0.168 e. The van der Waals surface area contributed by atoms with Gasteiger partial charge < -0.3 is 16.2 Å². The van der Waals surface area contributed by atoms with Crippen LogP contribution in [0.4, 0.5) is 11.5 Å². The maximum atomic E-state index is 5.61. The predicted molar refractivity (Wildman–Crippen MR) is 63.1 cm³/mol. The SMILES string of the molecule is COc1ccc(Cn2cc(N)c(N)n2)cc1. The lowest BCUT2D eigenvalue weighted by molar-refractivity contribution is 0.414. The van der Waals surface area contributed by atoms with Gasteiger partial charge >= 0.3 is 0 Å². The lowest BCUT2D eigenvalue weighted by Crippen LogP contribution is -2.00. The normalized spacial score (nSPS) is 10.3. The lowest BCUT2D eigenvalue weighted by Gasteiger charge is -2.03. The van der Waals surface area contributed by atoms with Crippen LogP contribution in [-0.4, -0.2) is 16.9 Å². The first-order valence-electron chi connectivity index (χ1n) is 4.90. The van der Waals surface area contributed by atoms with E-state index in [1.54, 1.807) is 18.0 Å². The van der Waals surface area contributed by atoms with Gasteiger partial charge in [-0.25, -0.2) is 0 Å². The number of aromatic nitrogens is 2. The maximum Gasteiger partial charge on any atom is 0.168 e. The Labute approximate surface area is 93.6 Å². The Balaban J connectivity index is 2.14. The number of nitrogen functional groups attached to an aromatic ring is 2. The third-order valence-corrected chi connectivity index (χ3v) is 2.32. The van der Waals surface area contributed by atoms with E-state index in [1.807, 2.05) is 24.3 Å². The summed E-state index contributed by atoms with van der Waals surface area (Å²) in [6, 6.07) is 7.77. The van der Waals surface area contributed by atoms with E-state index in [0.29, 0.717) is 18.1 Å². The number of methoxy groups -OCH3 is 1. The third kappa shape index (κ3) is 2.08. The van der Waals surface area contributed by atoms with Crippen LogP contribution >= 0.6 is 0 Å². The Morgan fingerprint density at radius 3 is 2.44 bits per heavy atom. The molecule has 0 aliphatic heterocycles. The average Bonchev–Trinajstić information content (AvgIpc) is 2.59. The average molecular weight is 218 g/mol. The van der Waals surface area contributed by atoms with Crippen molar-refractivity contribution in [3.05, 3.63) is 36.0 Å². The molecule has 0 spiro atoms. The molecule has 0 unspecified atom stereocenters. The zero-order chi connectivity index (χ0) is 11.5. The fraction of sp³-hybridized carbons (Fsp3) is 0.182. The van der Waals surface area contributed by atoms with Gasteiger partial charge in [0.05, 0.1) is 25.5 Å². The van der Waals surface area contributed by atoms with Crippen LogP contribution in [0.5, 0.6) is 5.75 Å². The van der Waals surface area contributed by atoms with E-state index in [-0.39, 0.29) is 0 Å². The molecular formula is C11H14N4O. The van der Waals surface area contributed by atoms with Crippen LogP contribution in [-0.2, 0) is 6.54 Å².